The molecular formula is C24H21N3O. The molecule has 0 atom stereocenters. The molecule has 0 saturated heterocycles. The number of benzene rings is 3. The number of carbonyl (C=O) groups excluding carboxylic acids is 1. The van der Waals surface area contributed by atoms with Gasteiger partial charge in [-0.1, -0.05) is 66.7 Å². The summed E-state index contributed by atoms with van der Waals surface area (Å²) in [6, 6.07) is 27.9. The van der Waals surface area contributed by atoms with Crippen molar-refractivity contribution in [2.75, 3.05) is 0 Å². The van der Waals surface area contributed by atoms with Gasteiger partial charge in [-0.15, -0.1) is 0 Å². The van der Waals surface area contributed by atoms with Gasteiger partial charge in [0.15, 0.2) is 0 Å². The van der Waals surface area contributed by atoms with Crippen molar-refractivity contribution >= 4 is 5.91 Å². The van der Waals surface area contributed by atoms with Crippen molar-refractivity contribution in [2.24, 2.45) is 0 Å². The van der Waals surface area contributed by atoms with Crippen LogP contribution in [0.5, 0.6) is 0 Å². The van der Waals surface area contributed by atoms with E-state index in [1.165, 1.54) is 5.56 Å². The van der Waals surface area contributed by atoms with E-state index in [0.29, 0.717) is 12.1 Å². The summed E-state index contributed by atoms with van der Waals surface area (Å²) >= 11 is 0. The fourth-order valence-electron chi connectivity index (χ4n) is 3.19. The Bertz CT molecular complexity index is 1040. The van der Waals surface area contributed by atoms with Crippen molar-refractivity contribution in [1.82, 2.24) is 15.1 Å². The highest BCUT2D eigenvalue weighted by atomic mass is 16.1. The maximum Gasteiger partial charge on any atom is 0.251 e. The first-order chi connectivity index (χ1) is 13.8. The number of hydrogen-bond donors (Lipinski definition) is 1. The number of carbonyl (C=O) groups is 1. The number of aromatic nitrogens is 2. The molecule has 1 N–H and O–H groups in total. The van der Waals surface area contributed by atoms with Gasteiger partial charge in [-0.25, -0.2) is 0 Å². The number of hydrogen-bond acceptors (Lipinski definition) is 2. The third-order valence-corrected chi connectivity index (χ3v) is 4.66. The highest BCUT2D eigenvalue weighted by Gasteiger charge is 2.08. The second-order valence-electron chi connectivity index (χ2n) is 6.61. The molecule has 1 aromatic heterocycles. The van der Waals surface area contributed by atoms with Crippen LogP contribution in [0.4, 0.5) is 0 Å². The molecule has 0 bridgehead atoms. The largest absolute Gasteiger partial charge is 0.348 e. The zero-order valence-electron chi connectivity index (χ0n) is 15.5. The molecule has 0 aliphatic rings. The van der Waals surface area contributed by atoms with Gasteiger partial charge in [-0.2, -0.15) is 5.10 Å². The minimum Gasteiger partial charge on any atom is -0.348 e. The molecule has 0 spiro atoms. The van der Waals surface area contributed by atoms with Gasteiger partial charge in [-0.05, 0) is 40.5 Å². The third kappa shape index (κ3) is 4.18. The Morgan fingerprint density at radius 1 is 0.857 bits per heavy atom. The normalized spacial score (nSPS) is 10.6. The molecule has 0 radical (unpaired) electrons. The predicted octanol–water partition coefficient (Wildman–Crippen LogP) is 4.53. The van der Waals surface area contributed by atoms with E-state index in [0.717, 1.165) is 23.2 Å². The van der Waals surface area contributed by atoms with Gasteiger partial charge in [0.25, 0.3) is 5.91 Å². The molecule has 3 aromatic carbocycles. The van der Waals surface area contributed by atoms with Crippen LogP contribution in [-0.2, 0) is 13.1 Å². The van der Waals surface area contributed by atoms with E-state index >= 15 is 0 Å². The Balaban J connectivity index is 1.49. The first kappa shape index (κ1) is 17.7. The molecule has 4 heteroatoms. The number of nitrogens with one attached hydrogen (secondary N) is 1. The van der Waals surface area contributed by atoms with Crippen LogP contribution in [0.2, 0.25) is 0 Å². The van der Waals surface area contributed by atoms with Crippen LogP contribution in [0, 0.1) is 0 Å². The summed E-state index contributed by atoms with van der Waals surface area (Å²) in [7, 11) is 0. The lowest BCUT2D eigenvalue weighted by atomic mass is 9.98. The highest BCUT2D eigenvalue weighted by Crippen LogP contribution is 2.24. The van der Waals surface area contributed by atoms with E-state index in [-0.39, 0.29) is 5.91 Å². The fourth-order valence-corrected chi connectivity index (χ4v) is 3.19. The second-order valence-corrected chi connectivity index (χ2v) is 6.61. The molecule has 138 valence electrons. The summed E-state index contributed by atoms with van der Waals surface area (Å²) in [6.07, 6.45) is 3.74. The van der Waals surface area contributed by atoms with Crippen LogP contribution >= 0.6 is 0 Å². The Hall–Kier alpha value is -3.66. The maximum absolute atomic E-state index is 12.3. The van der Waals surface area contributed by atoms with Gasteiger partial charge in [0, 0.05) is 24.5 Å². The zero-order chi connectivity index (χ0) is 19.2. The van der Waals surface area contributed by atoms with Gasteiger partial charge in [0.1, 0.15) is 0 Å². The van der Waals surface area contributed by atoms with Gasteiger partial charge in [-0.3, -0.25) is 9.48 Å². The van der Waals surface area contributed by atoms with Crippen LogP contribution < -0.4 is 5.32 Å². The number of rotatable bonds is 6. The van der Waals surface area contributed by atoms with E-state index < -0.39 is 0 Å². The molecule has 0 fully saturated rings. The van der Waals surface area contributed by atoms with Crippen LogP contribution in [0.1, 0.15) is 21.5 Å². The van der Waals surface area contributed by atoms with Crippen molar-refractivity contribution in [3.63, 3.8) is 0 Å². The number of nitrogens with zero attached hydrogens (tertiary/aromatic N) is 2. The quantitative estimate of drug-likeness (QED) is 0.544. The van der Waals surface area contributed by atoms with E-state index in [1.807, 2.05) is 59.4 Å². The topological polar surface area (TPSA) is 46.9 Å². The predicted molar refractivity (Wildman–Crippen MR) is 111 cm³/mol. The van der Waals surface area contributed by atoms with Crippen molar-refractivity contribution in [3.8, 4) is 11.1 Å². The minimum atomic E-state index is -0.0648. The Morgan fingerprint density at radius 3 is 2.36 bits per heavy atom. The SMILES string of the molecule is O=C(NCc1ccccc1-c1ccc(Cn2cccn2)cc1)c1ccccc1. The lowest BCUT2D eigenvalue weighted by molar-refractivity contribution is 0.0951. The zero-order valence-corrected chi connectivity index (χ0v) is 15.5. The summed E-state index contributed by atoms with van der Waals surface area (Å²) in [6.45, 7) is 1.24. The second kappa shape index (κ2) is 8.35. The molecule has 1 heterocycles. The van der Waals surface area contributed by atoms with Crippen molar-refractivity contribution in [2.45, 2.75) is 13.1 Å². The van der Waals surface area contributed by atoms with Gasteiger partial charge < -0.3 is 5.32 Å². The maximum atomic E-state index is 12.3. The van der Waals surface area contributed by atoms with Crippen LogP contribution in [-0.4, -0.2) is 15.7 Å². The molecule has 0 saturated carbocycles. The molecule has 0 aliphatic heterocycles. The molecule has 4 nitrogen and oxygen atoms in total. The average molecular weight is 367 g/mol. The van der Waals surface area contributed by atoms with Gasteiger partial charge in [0.2, 0.25) is 0 Å². The molecule has 0 unspecified atom stereocenters. The third-order valence-electron chi connectivity index (χ3n) is 4.66. The monoisotopic (exact) mass is 367 g/mol. The fraction of sp³-hybridized carbons (Fsp3) is 0.0833. The molecular weight excluding hydrogens is 346 g/mol. The summed E-state index contributed by atoms with van der Waals surface area (Å²) in [5.74, 6) is -0.0648. The molecule has 4 aromatic rings. The summed E-state index contributed by atoms with van der Waals surface area (Å²) in [5, 5.41) is 7.26. The Morgan fingerprint density at radius 2 is 1.61 bits per heavy atom. The molecule has 1 amide bonds. The lowest BCUT2D eigenvalue weighted by Gasteiger charge is -2.12. The van der Waals surface area contributed by atoms with E-state index in [9.17, 15) is 4.79 Å². The summed E-state index contributed by atoms with van der Waals surface area (Å²) in [5.41, 5.74) is 5.21. The van der Waals surface area contributed by atoms with Crippen molar-refractivity contribution in [1.29, 1.82) is 0 Å². The number of amides is 1. The van der Waals surface area contributed by atoms with Gasteiger partial charge >= 0.3 is 0 Å². The lowest BCUT2D eigenvalue weighted by Crippen LogP contribution is -2.22. The standard InChI is InChI=1S/C24H21N3O/c28-24(21-7-2-1-3-8-21)25-17-22-9-4-5-10-23(22)20-13-11-19(12-14-20)18-27-16-6-15-26-27/h1-16H,17-18H2,(H,25,28). The molecule has 28 heavy (non-hydrogen) atoms. The summed E-state index contributed by atoms with van der Waals surface area (Å²) in [4.78, 5) is 12.3. The van der Waals surface area contributed by atoms with Crippen LogP contribution in [0.15, 0.2) is 97.3 Å². The minimum absolute atomic E-state index is 0.0648. The van der Waals surface area contributed by atoms with Crippen molar-refractivity contribution in [3.05, 3.63) is 114 Å². The van der Waals surface area contributed by atoms with E-state index in [1.54, 1.807) is 6.20 Å². The van der Waals surface area contributed by atoms with Crippen LogP contribution in [0.3, 0.4) is 0 Å². The van der Waals surface area contributed by atoms with E-state index in [2.05, 4.69) is 46.8 Å². The highest BCUT2D eigenvalue weighted by molar-refractivity contribution is 5.94. The van der Waals surface area contributed by atoms with Crippen LogP contribution in [0.25, 0.3) is 11.1 Å². The molecule has 0 aliphatic carbocycles. The van der Waals surface area contributed by atoms with Gasteiger partial charge in [0.05, 0.1) is 6.54 Å². The summed E-state index contributed by atoms with van der Waals surface area (Å²) < 4.78 is 1.90. The Kier molecular flexibility index (Phi) is 5.29. The van der Waals surface area contributed by atoms with Crippen molar-refractivity contribution < 1.29 is 4.79 Å². The van der Waals surface area contributed by atoms with E-state index in [4.69, 9.17) is 0 Å². The Labute approximate surface area is 164 Å². The average Bonchev–Trinajstić information content (AvgIpc) is 3.26. The smallest absolute Gasteiger partial charge is 0.251 e. The first-order valence-electron chi connectivity index (χ1n) is 9.27. The first-order valence-corrected chi connectivity index (χ1v) is 9.27. The molecule has 4 rings (SSSR count).